The van der Waals surface area contributed by atoms with Crippen LogP contribution < -0.4 is 10.2 Å². The van der Waals surface area contributed by atoms with Crippen LogP contribution in [0.15, 0.2) is 73.2 Å². The Morgan fingerprint density at radius 2 is 1.67 bits per heavy atom. The molecule has 1 N–H and O–H groups in total. The van der Waals surface area contributed by atoms with Crippen molar-refractivity contribution in [2.24, 2.45) is 0 Å². The van der Waals surface area contributed by atoms with Crippen LogP contribution in [-0.4, -0.2) is 19.6 Å². The second-order valence-corrected chi connectivity index (χ2v) is 9.10. The zero-order chi connectivity index (χ0) is 23.1. The summed E-state index contributed by atoms with van der Waals surface area (Å²) < 4.78 is 2.26. The fourth-order valence-corrected chi connectivity index (χ4v) is 5.36. The summed E-state index contributed by atoms with van der Waals surface area (Å²) in [6, 6.07) is 18.9. The summed E-state index contributed by atoms with van der Waals surface area (Å²) in [6.07, 6.45) is 5.55. The molecule has 1 aliphatic rings. The van der Waals surface area contributed by atoms with Crippen LogP contribution in [0.2, 0.25) is 0 Å². The van der Waals surface area contributed by atoms with Crippen LogP contribution in [-0.2, 0) is 0 Å². The molecule has 6 heteroatoms. The van der Waals surface area contributed by atoms with Gasteiger partial charge < -0.3 is 14.8 Å². The molecule has 5 nitrogen and oxygen atoms in total. The van der Waals surface area contributed by atoms with Gasteiger partial charge in [-0.15, -0.1) is 0 Å². The first-order valence-corrected chi connectivity index (χ1v) is 11.5. The van der Waals surface area contributed by atoms with Gasteiger partial charge in [0.25, 0.3) is 0 Å². The number of rotatable bonds is 4. The number of hydrogen-bond donors (Lipinski definition) is 1. The van der Waals surface area contributed by atoms with Gasteiger partial charge in [-0.25, -0.2) is 0 Å². The Bertz CT molecular complexity index is 1290. The number of pyridine rings is 2. The van der Waals surface area contributed by atoms with E-state index in [4.69, 9.17) is 12.2 Å². The first-order chi connectivity index (χ1) is 15.9. The number of aromatic nitrogens is 3. The average molecular weight is 454 g/mol. The SMILES string of the molecule is Cc1cc(C)cc(N2C(=S)NC(c3ccccn3)C2c2cc(C)n(-c3cccnc3)c2C)c1. The molecule has 1 fully saturated rings. The second-order valence-electron chi connectivity index (χ2n) is 8.72. The number of nitrogens with one attached hydrogen (secondary N) is 1. The number of nitrogens with zero attached hydrogens (tertiary/aromatic N) is 4. The van der Waals surface area contributed by atoms with Gasteiger partial charge in [-0.05, 0) is 99.1 Å². The van der Waals surface area contributed by atoms with Crippen molar-refractivity contribution in [1.29, 1.82) is 0 Å². The van der Waals surface area contributed by atoms with Crippen molar-refractivity contribution in [2.45, 2.75) is 39.8 Å². The number of aryl methyl sites for hydroxylation is 3. The molecule has 2 unspecified atom stereocenters. The van der Waals surface area contributed by atoms with Gasteiger partial charge in [-0.3, -0.25) is 9.97 Å². The predicted molar refractivity (Wildman–Crippen MR) is 137 cm³/mol. The van der Waals surface area contributed by atoms with Crippen LogP contribution in [0.25, 0.3) is 5.69 Å². The molecule has 2 atom stereocenters. The van der Waals surface area contributed by atoms with E-state index in [1.54, 1.807) is 6.20 Å². The molecule has 166 valence electrons. The minimum Gasteiger partial charge on any atom is -0.351 e. The van der Waals surface area contributed by atoms with E-state index >= 15 is 0 Å². The summed E-state index contributed by atoms with van der Waals surface area (Å²) in [7, 11) is 0. The summed E-state index contributed by atoms with van der Waals surface area (Å²) in [5.74, 6) is 0. The molecule has 4 aromatic rings. The molecule has 4 heterocycles. The first kappa shape index (κ1) is 21.3. The lowest BCUT2D eigenvalue weighted by molar-refractivity contribution is 0.565. The highest BCUT2D eigenvalue weighted by Crippen LogP contribution is 2.44. The highest BCUT2D eigenvalue weighted by atomic mass is 32.1. The van der Waals surface area contributed by atoms with Crippen molar-refractivity contribution in [2.75, 3.05) is 4.90 Å². The zero-order valence-electron chi connectivity index (χ0n) is 19.3. The van der Waals surface area contributed by atoms with E-state index in [9.17, 15) is 0 Å². The van der Waals surface area contributed by atoms with Crippen molar-refractivity contribution < 1.29 is 0 Å². The lowest BCUT2D eigenvalue weighted by atomic mass is 9.96. The molecule has 1 aliphatic heterocycles. The molecule has 0 aliphatic carbocycles. The van der Waals surface area contributed by atoms with E-state index in [0.29, 0.717) is 5.11 Å². The van der Waals surface area contributed by atoms with Crippen LogP contribution in [0.5, 0.6) is 0 Å². The Morgan fingerprint density at radius 1 is 0.879 bits per heavy atom. The molecule has 0 radical (unpaired) electrons. The average Bonchev–Trinajstić information content (AvgIpc) is 3.29. The lowest BCUT2D eigenvalue weighted by Gasteiger charge is -2.28. The molecule has 0 amide bonds. The van der Waals surface area contributed by atoms with Gasteiger partial charge in [0.05, 0.1) is 29.7 Å². The maximum absolute atomic E-state index is 5.91. The van der Waals surface area contributed by atoms with Gasteiger partial charge >= 0.3 is 0 Å². The third-order valence-electron chi connectivity index (χ3n) is 6.28. The Kier molecular flexibility index (Phi) is 5.46. The highest BCUT2D eigenvalue weighted by Gasteiger charge is 2.42. The lowest BCUT2D eigenvalue weighted by Crippen LogP contribution is -2.29. The van der Waals surface area contributed by atoms with Gasteiger partial charge in [0, 0.05) is 29.5 Å². The summed E-state index contributed by atoms with van der Waals surface area (Å²) in [5.41, 5.74) is 9.11. The van der Waals surface area contributed by atoms with Crippen LogP contribution in [0.1, 0.15) is 45.9 Å². The third-order valence-corrected chi connectivity index (χ3v) is 6.59. The highest BCUT2D eigenvalue weighted by molar-refractivity contribution is 7.80. The van der Waals surface area contributed by atoms with E-state index in [0.717, 1.165) is 22.8 Å². The van der Waals surface area contributed by atoms with Gasteiger partial charge in [-0.1, -0.05) is 12.1 Å². The third kappa shape index (κ3) is 3.80. The predicted octanol–water partition coefficient (Wildman–Crippen LogP) is 5.68. The van der Waals surface area contributed by atoms with E-state index in [1.807, 2.05) is 30.6 Å². The van der Waals surface area contributed by atoms with E-state index in [-0.39, 0.29) is 12.1 Å². The monoisotopic (exact) mass is 453 g/mol. The molecule has 0 saturated carbocycles. The van der Waals surface area contributed by atoms with Crippen LogP contribution in [0.3, 0.4) is 0 Å². The van der Waals surface area contributed by atoms with Crippen molar-refractivity contribution in [1.82, 2.24) is 19.9 Å². The topological polar surface area (TPSA) is 46.0 Å². The van der Waals surface area contributed by atoms with Crippen LogP contribution >= 0.6 is 12.2 Å². The minimum atomic E-state index is -0.0673. The van der Waals surface area contributed by atoms with Gasteiger partial charge in [0.15, 0.2) is 5.11 Å². The van der Waals surface area contributed by atoms with E-state index < -0.39 is 0 Å². The first-order valence-electron chi connectivity index (χ1n) is 11.1. The maximum atomic E-state index is 5.91. The van der Waals surface area contributed by atoms with E-state index in [2.05, 4.69) is 88.8 Å². The fourth-order valence-electron chi connectivity index (χ4n) is 5.01. The maximum Gasteiger partial charge on any atom is 0.174 e. The quantitative estimate of drug-likeness (QED) is 0.403. The Hall–Kier alpha value is -3.51. The normalized spacial score (nSPS) is 17.9. The van der Waals surface area contributed by atoms with Crippen LogP contribution in [0, 0.1) is 27.7 Å². The fraction of sp³-hybridized carbons (Fsp3) is 0.222. The Morgan fingerprint density at radius 3 is 2.33 bits per heavy atom. The molecule has 0 spiro atoms. The summed E-state index contributed by atoms with van der Waals surface area (Å²) in [6.45, 7) is 8.57. The molecule has 5 rings (SSSR count). The standard InChI is InChI=1S/C27H27N5S/c1-17-12-18(2)14-22(13-17)32-26(25(30-27(32)33)24-9-5-6-11-29-24)23-15-19(3)31(20(23)4)21-8-7-10-28-16-21/h5-16,25-26H,1-4H3,(H,30,33). The molecule has 0 bridgehead atoms. The van der Waals surface area contributed by atoms with Gasteiger partial charge in [0.2, 0.25) is 0 Å². The van der Waals surface area contributed by atoms with Crippen molar-refractivity contribution in [3.63, 3.8) is 0 Å². The van der Waals surface area contributed by atoms with Crippen molar-refractivity contribution >= 4 is 23.0 Å². The van der Waals surface area contributed by atoms with Gasteiger partial charge in [0.1, 0.15) is 0 Å². The van der Waals surface area contributed by atoms with Crippen molar-refractivity contribution in [3.05, 3.63) is 107 Å². The summed E-state index contributed by atoms with van der Waals surface area (Å²) >= 11 is 5.91. The molecule has 3 aromatic heterocycles. The minimum absolute atomic E-state index is 0.0368. The van der Waals surface area contributed by atoms with Gasteiger partial charge in [-0.2, -0.15) is 0 Å². The summed E-state index contributed by atoms with van der Waals surface area (Å²) in [4.78, 5) is 11.3. The van der Waals surface area contributed by atoms with E-state index in [1.165, 1.54) is 22.4 Å². The zero-order valence-corrected chi connectivity index (χ0v) is 20.1. The Balaban J connectivity index is 1.70. The molecule has 1 saturated heterocycles. The van der Waals surface area contributed by atoms with Crippen molar-refractivity contribution in [3.8, 4) is 5.69 Å². The molecule has 1 aromatic carbocycles. The molecular weight excluding hydrogens is 426 g/mol. The molecule has 33 heavy (non-hydrogen) atoms. The molecular formula is C27H27N5S. The number of benzene rings is 1. The summed E-state index contributed by atoms with van der Waals surface area (Å²) in [5, 5.41) is 4.29. The number of anilines is 1. The number of hydrogen-bond acceptors (Lipinski definition) is 3. The smallest absolute Gasteiger partial charge is 0.174 e. The van der Waals surface area contributed by atoms with Crippen LogP contribution in [0.4, 0.5) is 5.69 Å². The largest absolute Gasteiger partial charge is 0.351 e. The number of thiocarbonyl (C=S) groups is 1. The second kappa shape index (κ2) is 8.45. The Labute approximate surface area is 200 Å².